The molecule has 0 saturated heterocycles. The molecule has 2 aromatic rings. The van der Waals surface area contributed by atoms with Gasteiger partial charge in [0.1, 0.15) is 0 Å². The molecular weight excluding hydrogens is 378 g/mol. The molecule has 0 aliphatic carbocycles. The number of nitrogens with one attached hydrogen (secondary N) is 2. The van der Waals surface area contributed by atoms with Crippen LogP contribution in [0.4, 0.5) is 5.69 Å². The molecule has 0 bridgehead atoms. The minimum Gasteiger partial charge on any atom is -0.356 e. The van der Waals surface area contributed by atoms with Crippen molar-refractivity contribution in [2.45, 2.75) is 17.9 Å². The minimum atomic E-state index is -3.49. The van der Waals surface area contributed by atoms with Crippen molar-refractivity contribution in [3.8, 4) is 0 Å². The fourth-order valence-electron chi connectivity index (χ4n) is 2.21. The van der Waals surface area contributed by atoms with Gasteiger partial charge in [0.2, 0.25) is 10.0 Å². The molecule has 0 spiro atoms. The van der Waals surface area contributed by atoms with Crippen molar-refractivity contribution in [3.05, 3.63) is 59.1 Å². The van der Waals surface area contributed by atoms with E-state index in [0.29, 0.717) is 15.8 Å². The molecule has 0 saturated carbocycles. The SMILES string of the molecule is C[C@H](NC(=S)Nc1cccc(S(=O)(=O)N(C)C)c1)c1ccccc1Cl. The molecule has 0 radical (unpaired) electrons. The summed E-state index contributed by atoms with van der Waals surface area (Å²) in [6.07, 6.45) is 0. The molecular formula is C17H20ClN3O2S2. The van der Waals surface area contributed by atoms with Gasteiger partial charge in [-0.2, -0.15) is 0 Å². The molecule has 0 aromatic heterocycles. The fraction of sp³-hybridized carbons (Fsp3) is 0.235. The molecule has 0 heterocycles. The maximum atomic E-state index is 12.2. The lowest BCUT2D eigenvalue weighted by Crippen LogP contribution is -2.31. The molecule has 0 aliphatic heterocycles. The number of anilines is 1. The van der Waals surface area contributed by atoms with Crippen LogP contribution in [-0.4, -0.2) is 31.9 Å². The smallest absolute Gasteiger partial charge is 0.242 e. The van der Waals surface area contributed by atoms with Gasteiger partial charge in [-0.3, -0.25) is 0 Å². The van der Waals surface area contributed by atoms with Crippen LogP contribution in [0, 0.1) is 0 Å². The Bertz CT molecular complexity index is 870. The Hall–Kier alpha value is -1.67. The first-order chi connectivity index (χ1) is 11.7. The number of sulfonamides is 1. The minimum absolute atomic E-state index is 0.0950. The van der Waals surface area contributed by atoms with Crippen molar-refractivity contribution in [3.63, 3.8) is 0 Å². The number of hydrogen-bond acceptors (Lipinski definition) is 3. The quantitative estimate of drug-likeness (QED) is 0.754. The molecule has 0 unspecified atom stereocenters. The summed E-state index contributed by atoms with van der Waals surface area (Å²) >= 11 is 11.5. The van der Waals surface area contributed by atoms with Gasteiger partial charge in [0.05, 0.1) is 10.9 Å². The largest absolute Gasteiger partial charge is 0.356 e. The van der Waals surface area contributed by atoms with E-state index in [1.54, 1.807) is 24.3 Å². The highest BCUT2D eigenvalue weighted by Crippen LogP contribution is 2.22. The number of halogens is 1. The van der Waals surface area contributed by atoms with Crippen LogP contribution in [0.3, 0.4) is 0 Å². The Labute approximate surface area is 159 Å². The summed E-state index contributed by atoms with van der Waals surface area (Å²) < 4.78 is 25.6. The zero-order valence-corrected chi connectivity index (χ0v) is 16.5. The molecule has 2 N–H and O–H groups in total. The average molecular weight is 398 g/mol. The molecule has 0 amide bonds. The molecule has 134 valence electrons. The van der Waals surface area contributed by atoms with E-state index in [4.69, 9.17) is 23.8 Å². The van der Waals surface area contributed by atoms with Crippen molar-refractivity contribution in [1.82, 2.24) is 9.62 Å². The van der Waals surface area contributed by atoms with Crippen LogP contribution in [0.5, 0.6) is 0 Å². The van der Waals surface area contributed by atoms with Gasteiger partial charge >= 0.3 is 0 Å². The molecule has 2 rings (SSSR count). The molecule has 2 aromatic carbocycles. The molecule has 1 atom stereocenters. The lowest BCUT2D eigenvalue weighted by Gasteiger charge is -2.19. The van der Waals surface area contributed by atoms with Crippen molar-refractivity contribution in [1.29, 1.82) is 0 Å². The Morgan fingerprint density at radius 2 is 1.84 bits per heavy atom. The van der Waals surface area contributed by atoms with E-state index in [9.17, 15) is 8.42 Å². The topological polar surface area (TPSA) is 61.4 Å². The number of hydrogen-bond donors (Lipinski definition) is 2. The number of thiocarbonyl (C=S) groups is 1. The van der Waals surface area contributed by atoms with Gasteiger partial charge < -0.3 is 10.6 Å². The van der Waals surface area contributed by atoms with Gasteiger partial charge in [-0.25, -0.2) is 12.7 Å². The number of rotatable bonds is 5. The van der Waals surface area contributed by atoms with E-state index in [1.807, 2.05) is 31.2 Å². The van der Waals surface area contributed by atoms with E-state index in [1.165, 1.54) is 18.4 Å². The first-order valence-corrected chi connectivity index (χ1v) is 9.79. The average Bonchev–Trinajstić information content (AvgIpc) is 2.55. The van der Waals surface area contributed by atoms with Crippen molar-refractivity contribution >= 4 is 44.6 Å². The van der Waals surface area contributed by atoms with Gasteiger partial charge in [-0.1, -0.05) is 35.9 Å². The third kappa shape index (κ3) is 4.92. The maximum Gasteiger partial charge on any atom is 0.242 e. The van der Waals surface area contributed by atoms with Crippen molar-refractivity contribution < 1.29 is 8.42 Å². The summed E-state index contributed by atoms with van der Waals surface area (Å²) in [7, 11) is -0.509. The molecule has 5 nitrogen and oxygen atoms in total. The van der Waals surface area contributed by atoms with Crippen LogP contribution in [0.25, 0.3) is 0 Å². The second kappa shape index (κ2) is 8.14. The monoisotopic (exact) mass is 397 g/mol. The third-order valence-electron chi connectivity index (χ3n) is 3.59. The second-order valence-electron chi connectivity index (χ2n) is 5.66. The molecule has 25 heavy (non-hydrogen) atoms. The third-order valence-corrected chi connectivity index (χ3v) is 5.97. The van der Waals surface area contributed by atoms with Gasteiger partial charge in [-0.05, 0) is 49.0 Å². The van der Waals surface area contributed by atoms with E-state index < -0.39 is 10.0 Å². The summed E-state index contributed by atoms with van der Waals surface area (Å²) in [6, 6.07) is 13.9. The van der Waals surface area contributed by atoms with Crippen molar-refractivity contribution in [2.75, 3.05) is 19.4 Å². The van der Waals surface area contributed by atoms with E-state index in [0.717, 1.165) is 5.56 Å². The van der Waals surface area contributed by atoms with Crippen LogP contribution in [0.2, 0.25) is 5.02 Å². The molecule has 8 heteroatoms. The van der Waals surface area contributed by atoms with Crippen LogP contribution >= 0.6 is 23.8 Å². The van der Waals surface area contributed by atoms with E-state index in [-0.39, 0.29) is 10.9 Å². The zero-order valence-electron chi connectivity index (χ0n) is 14.2. The van der Waals surface area contributed by atoms with Gasteiger partial charge in [-0.15, -0.1) is 0 Å². The highest BCUT2D eigenvalue weighted by molar-refractivity contribution is 7.89. The predicted octanol–water partition coefficient (Wildman–Crippen LogP) is 3.64. The molecule has 0 aliphatic rings. The molecule has 0 fully saturated rings. The summed E-state index contributed by atoms with van der Waals surface area (Å²) in [5, 5.41) is 7.19. The van der Waals surface area contributed by atoms with E-state index >= 15 is 0 Å². The summed E-state index contributed by atoms with van der Waals surface area (Å²) in [5.74, 6) is 0. The van der Waals surface area contributed by atoms with Gasteiger partial charge in [0, 0.05) is 24.8 Å². The van der Waals surface area contributed by atoms with Gasteiger partial charge in [0.15, 0.2) is 5.11 Å². The lowest BCUT2D eigenvalue weighted by molar-refractivity contribution is 0.521. The number of benzene rings is 2. The number of nitrogens with zero attached hydrogens (tertiary/aromatic N) is 1. The van der Waals surface area contributed by atoms with Crippen LogP contribution in [0.1, 0.15) is 18.5 Å². The second-order valence-corrected chi connectivity index (χ2v) is 8.62. The van der Waals surface area contributed by atoms with E-state index in [2.05, 4.69) is 10.6 Å². The van der Waals surface area contributed by atoms with Crippen LogP contribution < -0.4 is 10.6 Å². The normalized spacial score (nSPS) is 12.7. The highest BCUT2D eigenvalue weighted by atomic mass is 35.5. The Morgan fingerprint density at radius 3 is 2.48 bits per heavy atom. The predicted molar refractivity (Wildman–Crippen MR) is 107 cm³/mol. The maximum absolute atomic E-state index is 12.2. The van der Waals surface area contributed by atoms with Crippen LogP contribution in [0.15, 0.2) is 53.4 Å². The Balaban J connectivity index is 2.10. The van der Waals surface area contributed by atoms with Crippen LogP contribution in [-0.2, 0) is 10.0 Å². The fourth-order valence-corrected chi connectivity index (χ4v) is 3.76. The summed E-state index contributed by atoms with van der Waals surface area (Å²) in [4.78, 5) is 0.199. The first kappa shape index (κ1) is 19.7. The summed E-state index contributed by atoms with van der Waals surface area (Å²) in [6.45, 7) is 1.95. The highest BCUT2D eigenvalue weighted by Gasteiger charge is 2.17. The Kier molecular flexibility index (Phi) is 6.40. The zero-order chi connectivity index (χ0) is 18.6. The first-order valence-electron chi connectivity index (χ1n) is 7.56. The standard InChI is InChI=1S/C17H20ClN3O2S2/c1-12(15-9-4-5-10-16(15)18)19-17(24)20-13-7-6-8-14(11-13)25(22,23)21(2)3/h4-12H,1-3H3,(H2,19,20,24)/t12-/m0/s1. The lowest BCUT2D eigenvalue weighted by atomic mass is 10.1. The summed E-state index contributed by atoms with van der Waals surface area (Å²) in [5.41, 5.74) is 1.52. The Morgan fingerprint density at radius 1 is 1.16 bits per heavy atom. The van der Waals surface area contributed by atoms with Crippen molar-refractivity contribution in [2.24, 2.45) is 0 Å². The van der Waals surface area contributed by atoms with Gasteiger partial charge in [0.25, 0.3) is 0 Å².